The summed E-state index contributed by atoms with van der Waals surface area (Å²) >= 11 is 0. The number of nitrogens with one attached hydrogen (secondary N) is 1. The lowest BCUT2D eigenvalue weighted by Crippen LogP contribution is -2.39. The Balaban J connectivity index is 2.52. The molecule has 0 aliphatic carbocycles. The van der Waals surface area contributed by atoms with Gasteiger partial charge >= 0.3 is 11.9 Å². The van der Waals surface area contributed by atoms with E-state index in [1.165, 1.54) is 0 Å². The van der Waals surface area contributed by atoms with Crippen LogP contribution in [0.2, 0.25) is 0 Å². The monoisotopic (exact) mass is 267 g/mol. The SMILES string of the molecule is COc1ccccc1CCNC(CC(=O)O)C(=O)O. The van der Waals surface area contributed by atoms with Crippen LogP contribution in [0.4, 0.5) is 0 Å². The standard InChI is InChI=1S/C13H17NO5/c1-19-11-5-3-2-4-9(11)6-7-14-10(13(17)18)8-12(15)16/h2-5,10,14H,6-8H2,1H3,(H,15,16)(H,17,18). The first-order valence-electron chi connectivity index (χ1n) is 5.84. The first kappa shape index (κ1) is 15.0. The Kier molecular flexibility index (Phi) is 5.81. The van der Waals surface area contributed by atoms with Crippen molar-refractivity contribution in [3.63, 3.8) is 0 Å². The summed E-state index contributed by atoms with van der Waals surface area (Å²) < 4.78 is 5.18. The van der Waals surface area contributed by atoms with Crippen molar-refractivity contribution < 1.29 is 24.5 Å². The van der Waals surface area contributed by atoms with E-state index in [2.05, 4.69) is 5.32 Å². The van der Waals surface area contributed by atoms with Crippen LogP contribution in [0.5, 0.6) is 5.75 Å². The van der Waals surface area contributed by atoms with Gasteiger partial charge in [0.05, 0.1) is 13.5 Å². The highest BCUT2D eigenvalue weighted by Crippen LogP contribution is 2.17. The Labute approximate surface area is 111 Å². The predicted molar refractivity (Wildman–Crippen MR) is 68.4 cm³/mol. The Morgan fingerprint density at radius 1 is 1.32 bits per heavy atom. The van der Waals surface area contributed by atoms with Gasteiger partial charge in [0.1, 0.15) is 11.8 Å². The number of rotatable bonds is 8. The van der Waals surface area contributed by atoms with E-state index in [-0.39, 0.29) is 0 Å². The molecule has 6 heteroatoms. The Hall–Kier alpha value is -2.08. The van der Waals surface area contributed by atoms with Crippen molar-refractivity contribution in [2.24, 2.45) is 0 Å². The second-order valence-corrected chi connectivity index (χ2v) is 4.00. The highest BCUT2D eigenvalue weighted by molar-refractivity contribution is 5.80. The molecule has 0 saturated heterocycles. The van der Waals surface area contributed by atoms with Crippen molar-refractivity contribution in [1.82, 2.24) is 5.32 Å². The minimum atomic E-state index is -1.16. The molecule has 0 bridgehead atoms. The van der Waals surface area contributed by atoms with Gasteiger partial charge in [-0.25, -0.2) is 0 Å². The van der Waals surface area contributed by atoms with Crippen LogP contribution in [-0.2, 0) is 16.0 Å². The number of methoxy groups -OCH3 is 1. The fraction of sp³-hybridized carbons (Fsp3) is 0.385. The van der Waals surface area contributed by atoms with Crippen molar-refractivity contribution in [3.8, 4) is 5.75 Å². The van der Waals surface area contributed by atoms with Gasteiger partial charge in [-0.15, -0.1) is 0 Å². The molecule has 0 aromatic heterocycles. The predicted octanol–water partition coefficient (Wildman–Crippen LogP) is 0.755. The number of benzene rings is 1. The summed E-state index contributed by atoms with van der Waals surface area (Å²) in [7, 11) is 1.57. The Morgan fingerprint density at radius 2 is 2.00 bits per heavy atom. The molecule has 0 amide bonds. The molecule has 0 spiro atoms. The van der Waals surface area contributed by atoms with Crippen LogP contribution >= 0.6 is 0 Å². The molecule has 0 saturated carbocycles. The summed E-state index contributed by atoms with van der Waals surface area (Å²) in [6, 6.07) is 6.34. The van der Waals surface area contributed by atoms with E-state index >= 15 is 0 Å². The molecule has 1 aromatic carbocycles. The number of hydrogen-bond acceptors (Lipinski definition) is 4. The smallest absolute Gasteiger partial charge is 0.321 e. The average molecular weight is 267 g/mol. The zero-order chi connectivity index (χ0) is 14.3. The van der Waals surface area contributed by atoms with Crippen LogP contribution in [0.3, 0.4) is 0 Å². The zero-order valence-corrected chi connectivity index (χ0v) is 10.6. The fourth-order valence-electron chi connectivity index (χ4n) is 1.71. The van der Waals surface area contributed by atoms with Crippen molar-refractivity contribution in [2.75, 3.05) is 13.7 Å². The fourth-order valence-corrected chi connectivity index (χ4v) is 1.71. The minimum Gasteiger partial charge on any atom is -0.496 e. The third kappa shape index (κ3) is 4.97. The maximum Gasteiger partial charge on any atom is 0.321 e. The van der Waals surface area contributed by atoms with Crippen LogP contribution < -0.4 is 10.1 Å². The number of carboxylic acid groups (broad SMARTS) is 2. The van der Waals surface area contributed by atoms with E-state index in [0.717, 1.165) is 11.3 Å². The molecule has 0 heterocycles. The number of aliphatic carboxylic acids is 2. The molecule has 0 radical (unpaired) electrons. The van der Waals surface area contributed by atoms with Crippen molar-refractivity contribution >= 4 is 11.9 Å². The molecule has 19 heavy (non-hydrogen) atoms. The number of carbonyl (C=O) groups is 2. The molecule has 0 aliphatic rings. The topological polar surface area (TPSA) is 95.9 Å². The van der Waals surface area contributed by atoms with E-state index in [4.69, 9.17) is 14.9 Å². The van der Waals surface area contributed by atoms with Gasteiger partial charge in [-0.2, -0.15) is 0 Å². The van der Waals surface area contributed by atoms with E-state index < -0.39 is 24.4 Å². The van der Waals surface area contributed by atoms with Gasteiger partial charge in [0.15, 0.2) is 0 Å². The van der Waals surface area contributed by atoms with E-state index in [1.807, 2.05) is 24.3 Å². The van der Waals surface area contributed by atoms with Gasteiger partial charge in [-0.05, 0) is 18.1 Å². The zero-order valence-electron chi connectivity index (χ0n) is 10.6. The summed E-state index contributed by atoms with van der Waals surface area (Å²) in [5, 5.41) is 20.2. The van der Waals surface area contributed by atoms with Crippen molar-refractivity contribution in [2.45, 2.75) is 18.9 Å². The van der Waals surface area contributed by atoms with Crippen LogP contribution in [0.15, 0.2) is 24.3 Å². The van der Waals surface area contributed by atoms with E-state index in [1.54, 1.807) is 7.11 Å². The van der Waals surface area contributed by atoms with E-state index in [9.17, 15) is 9.59 Å². The van der Waals surface area contributed by atoms with Gasteiger partial charge in [-0.1, -0.05) is 18.2 Å². The molecular formula is C13H17NO5. The molecule has 0 aliphatic heterocycles. The van der Waals surface area contributed by atoms with Gasteiger partial charge in [-0.3, -0.25) is 9.59 Å². The van der Waals surface area contributed by atoms with Gasteiger partial charge in [0, 0.05) is 6.54 Å². The van der Waals surface area contributed by atoms with Crippen LogP contribution in [0.1, 0.15) is 12.0 Å². The number of carboxylic acids is 2. The Bertz CT molecular complexity index is 446. The van der Waals surface area contributed by atoms with Crippen LogP contribution in [0.25, 0.3) is 0 Å². The summed E-state index contributed by atoms with van der Waals surface area (Å²) in [4.78, 5) is 21.4. The highest BCUT2D eigenvalue weighted by Gasteiger charge is 2.19. The summed E-state index contributed by atoms with van der Waals surface area (Å²) in [5.41, 5.74) is 0.942. The summed E-state index contributed by atoms with van der Waals surface area (Å²) in [5.74, 6) is -1.57. The van der Waals surface area contributed by atoms with Gasteiger partial charge in [0.25, 0.3) is 0 Å². The molecule has 1 aromatic rings. The second-order valence-electron chi connectivity index (χ2n) is 4.00. The third-order valence-corrected chi connectivity index (χ3v) is 2.65. The quantitative estimate of drug-likeness (QED) is 0.643. The highest BCUT2D eigenvalue weighted by atomic mass is 16.5. The third-order valence-electron chi connectivity index (χ3n) is 2.65. The lowest BCUT2D eigenvalue weighted by molar-refractivity contribution is -0.145. The number of ether oxygens (including phenoxy) is 1. The maximum absolute atomic E-state index is 10.8. The largest absolute Gasteiger partial charge is 0.496 e. The van der Waals surface area contributed by atoms with Crippen molar-refractivity contribution in [3.05, 3.63) is 29.8 Å². The number of para-hydroxylation sites is 1. The molecule has 104 valence electrons. The maximum atomic E-state index is 10.8. The summed E-state index contributed by atoms with van der Waals surface area (Å²) in [6.45, 7) is 0.366. The molecule has 1 rings (SSSR count). The van der Waals surface area contributed by atoms with Crippen LogP contribution in [0, 0.1) is 0 Å². The normalized spacial score (nSPS) is 11.8. The molecule has 6 nitrogen and oxygen atoms in total. The molecule has 1 unspecified atom stereocenters. The lowest BCUT2D eigenvalue weighted by atomic mass is 10.1. The molecular weight excluding hydrogens is 250 g/mol. The molecule has 1 atom stereocenters. The van der Waals surface area contributed by atoms with Gasteiger partial charge in [0.2, 0.25) is 0 Å². The number of hydrogen-bond donors (Lipinski definition) is 3. The Morgan fingerprint density at radius 3 is 2.58 bits per heavy atom. The second kappa shape index (κ2) is 7.38. The first-order chi connectivity index (χ1) is 9.04. The minimum absolute atomic E-state index is 0.366. The van der Waals surface area contributed by atoms with E-state index in [0.29, 0.717) is 13.0 Å². The first-order valence-corrected chi connectivity index (χ1v) is 5.84. The van der Waals surface area contributed by atoms with Gasteiger partial charge < -0.3 is 20.3 Å². The summed E-state index contributed by atoms with van der Waals surface area (Å²) in [6.07, 6.45) is 0.120. The molecule has 0 fully saturated rings. The van der Waals surface area contributed by atoms with Crippen molar-refractivity contribution in [1.29, 1.82) is 0 Å². The van der Waals surface area contributed by atoms with Crippen LogP contribution in [-0.4, -0.2) is 41.8 Å². The lowest BCUT2D eigenvalue weighted by Gasteiger charge is -2.13. The average Bonchev–Trinajstić information content (AvgIpc) is 2.37. The molecule has 3 N–H and O–H groups in total.